The third-order valence-electron chi connectivity index (χ3n) is 4.65. The average Bonchev–Trinajstić information content (AvgIpc) is 3.36. The van der Waals surface area contributed by atoms with Crippen LogP contribution in [0.4, 0.5) is 0 Å². The van der Waals surface area contributed by atoms with E-state index >= 15 is 0 Å². The molecule has 0 radical (unpaired) electrons. The molecule has 0 spiro atoms. The van der Waals surface area contributed by atoms with Crippen molar-refractivity contribution < 1.29 is 12.9 Å². The molecule has 4 aromatic rings. The Hall–Kier alpha value is -2.69. The van der Waals surface area contributed by atoms with Gasteiger partial charge in [0.05, 0.1) is 11.7 Å². The normalized spacial score (nSPS) is 12.1. The van der Waals surface area contributed by atoms with Crippen LogP contribution in [0.2, 0.25) is 0 Å². The first kappa shape index (κ1) is 19.6. The summed E-state index contributed by atoms with van der Waals surface area (Å²) in [4.78, 5) is 4.54. The van der Waals surface area contributed by atoms with Crippen molar-refractivity contribution in [1.29, 1.82) is 0 Å². The minimum Gasteiger partial charge on any atom is -0.334 e. The van der Waals surface area contributed by atoms with Crippen LogP contribution in [-0.2, 0) is 16.4 Å². The number of rotatable bonds is 6. The number of hydrogen-bond acceptors (Lipinski definition) is 8. The van der Waals surface area contributed by atoms with Gasteiger partial charge in [-0.15, -0.1) is 0 Å². The smallest absolute Gasteiger partial charge is 0.257 e. The van der Waals surface area contributed by atoms with E-state index in [2.05, 4.69) is 18.9 Å². The Morgan fingerprint density at radius 1 is 1.10 bits per heavy atom. The maximum Gasteiger partial charge on any atom is 0.257 e. The Morgan fingerprint density at radius 2 is 1.90 bits per heavy atom. The summed E-state index contributed by atoms with van der Waals surface area (Å²) in [6.45, 7) is 4.08. The molecule has 0 amide bonds. The topological polar surface area (TPSA) is 102 Å². The Labute approximate surface area is 172 Å². The predicted molar refractivity (Wildman–Crippen MR) is 110 cm³/mol. The molecule has 2 aromatic heterocycles. The van der Waals surface area contributed by atoms with Gasteiger partial charge in [-0.1, -0.05) is 28.9 Å². The van der Waals surface area contributed by atoms with Crippen LogP contribution in [0.5, 0.6) is 0 Å². The molecule has 0 aliphatic rings. The van der Waals surface area contributed by atoms with Gasteiger partial charge < -0.3 is 4.52 Å². The molecule has 0 N–H and O–H groups in total. The summed E-state index contributed by atoms with van der Waals surface area (Å²) in [6.07, 6.45) is 0.329. The zero-order chi connectivity index (χ0) is 20.6. The molecule has 150 valence electrons. The number of benzene rings is 2. The van der Waals surface area contributed by atoms with Gasteiger partial charge >= 0.3 is 0 Å². The van der Waals surface area contributed by atoms with Crippen molar-refractivity contribution in [2.75, 3.05) is 13.6 Å². The third kappa shape index (κ3) is 3.78. The van der Waals surface area contributed by atoms with Crippen LogP contribution in [0.15, 0.2) is 45.8 Å². The third-order valence-corrected chi connectivity index (χ3v) is 7.07. The Morgan fingerprint density at radius 3 is 2.69 bits per heavy atom. The minimum absolute atomic E-state index is 0.155. The molecule has 0 atom stereocenters. The summed E-state index contributed by atoms with van der Waals surface area (Å²) >= 11 is 1.01. The van der Waals surface area contributed by atoms with Crippen molar-refractivity contribution in [3.63, 3.8) is 0 Å². The molecule has 0 fully saturated rings. The maximum absolute atomic E-state index is 13.0. The number of likely N-dealkylation sites (N-methyl/N-ethyl adjacent to an activating group) is 1. The van der Waals surface area contributed by atoms with Gasteiger partial charge in [-0.2, -0.15) is 13.7 Å². The molecule has 8 nitrogen and oxygen atoms in total. The van der Waals surface area contributed by atoms with Gasteiger partial charge in [0.1, 0.15) is 15.9 Å². The monoisotopic (exact) mass is 429 g/mol. The predicted octanol–water partition coefficient (Wildman–Crippen LogP) is 3.22. The highest BCUT2D eigenvalue weighted by atomic mass is 32.2. The van der Waals surface area contributed by atoms with E-state index in [1.54, 1.807) is 12.1 Å². The molecular weight excluding hydrogens is 410 g/mol. The molecular formula is C19H19N5O3S2. The van der Waals surface area contributed by atoms with E-state index in [1.807, 2.05) is 38.1 Å². The number of fused-ring (bicyclic) bond motifs is 1. The molecule has 0 saturated heterocycles. The van der Waals surface area contributed by atoms with Crippen molar-refractivity contribution in [3.05, 3.63) is 53.3 Å². The lowest BCUT2D eigenvalue weighted by Crippen LogP contribution is -2.29. The van der Waals surface area contributed by atoms with Crippen LogP contribution in [-0.4, -0.2) is 45.2 Å². The fraction of sp³-hybridized carbons (Fsp3) is 0.263. The molecule has 29 heavy (non-hydrogen) atoms. The van der Waals surface area contributed by atoms with E-state index in [1.165, 1.54) is 11.4 Å². The molecule has 0 aliphatic carbocycles. The van der Waals surface area contributed by atoms with Crippen LogP contribution >= 0.6 is 11.7 Å². The summed E-state index contributed by atoms with van der Waals surface area (Å²) in [5.74, 6) is 0.871. The summed E-state index contributed by atoms with van der Waals surface area (Å²) in [5.41, 5.74) is 3.84. The summed E-state index contributed by atoms with van der Waals surface area (Å²) in [6, 6.07) is 11.1. The Kier molecular flexibility index (Phi) is 5.15. The van der Waals surface area contributed by atoms with Crippen molar-refractivity contribution in [1.82, 2.24) is 23.2 Å². The van der Waals surface area contributed by atoms with Gasteiger partial charge in [-0.3, -0.25) is 0 Å². The van der Waals surface area contributed by atoms with Gasteiger partial charge in [0.25, 0.3) is 5.89 Å². The first-order valence-corrected chi connectivity index (χ1v) is 11.1. The molecule has 0 unspecified atom stereocenters. The first-order chi connectivity index (χ1) is 13.9. The fourth-order valence-corrected chi connectivity index (χ4v) is 4.94. The minimum atomic E-state index is -3.72. The van der Waals surface area contributed by atoms with Gasteiger partial charge in [-0.05, 0) is 37.6 Å². The second-order valence-electron chi connectivity index (χ2n) is 6.80. The molecule has 10 heteroatoms. The Balaban J connectivity index is 1.51. The van der Waals surface area contributed by atoms with Crippen molar-refractivity contribution >= 4 is 32.8 Å². The molecule has 0 saturated carbocycles. The zero-order valence-electron chi connectivity index (χ0n) is 16.2. The van der Waals surface area contributed by atoms with Gasteiger partial charge in [0.15, 0.2) is 5.82 Å². The highest BCUT2D eigenvalue weighted by Gasteiger charge is 2.25. The molecule has 0 aliphatic heterocycles. The van der Waals surface area contributed by atoms with Gasteiger partial charge in [0.2, 0.25) is 10.0 Å². The van der Waals surface area contributed by atoms with Gasteiger partial charge in [-0.25, -0.2) is 12.7 Å². The maximum atomic E-state index is 13.0. The molecule has 2 aromatic carbocycles. The Bertz CT molecular complexity index is 1280. The highest BCUT2D eigenvalue weighted by molar-refractivity contribution is 7.89. The van der Waals surface area contributed by atoms with E-state index in [-0.39, 0.29) is 11.4 Å². The van der Waals surface area contributed by atoms with E-state index < -0.39 is 10.0 Å². The van der Waals surface area contributed by atoms with Crippen molar-refractivity contribution in [2.24, 2.45) is 0 Å². The number of aromatic nitrogens is 4. The van der Waals surface area contributed by atoms with Crippen molar-refractivity contribution in [3.8, 4) is 11.5 Å². The summed E-state index contributed by atoms with van der Waals surface area (Å²) < 4.78 is 41.1. The van der Waals surface area contributed by atoms with Gasteiger partial charge in [0, 0.05) is 25.6 Å². The quantitative estimate of drug-likeness (QED) is 0.464. The van der Waals surface area contributed by atoms with Crippen LogP contribution in [0.1, 0.15) is 17.0 Å². The van der Waals surface area contributed by atoms with Crippen LogP contribution in [0.3, 0.4) is 0 Å². The highest BCUT2D eigenvalue weighted by Crippen LogP contribution is 2.26. The lowest BCUT2D eigenvalue weighted by molar-refractivity contribution is 0.415. The van der Waals surface area contributed by atoms with E-state index in [4.69, 9.17) is 4.52 Å². The largest absolute Gasteiger partial charge is 0.334 e. The first-order valence-electron chi connectivity index (χ1n) is 8.94. The van der Waals surface area contributed by atoms with E-state index in [9.17, 15) is 8.42 Å². The van der Waals surface area contributed by atoms with E-state index in [0.29, 0.717) is 29.2 Å². The standard InChI is InChI=1S/C19H19N5O3S2/c1-12-5-4-6-14(11-12)19-20-16(21-27-19)9-10-24(3)29(25,26)15-8-7-13(2)17-18(15)23-28-22-17/h4-8,11H,9-10H2,1-3H3. The molecule has 2 heterocycles. The zero-order valence-corrected chi connectivity index (χ0v) is 17.8. The van der Waals surface area contributed by atoms with Crippen LogP contribution < -0.4 is 0 Å². The second kappa shape index (κ2) is 7.62. The van der Waals surface area contributed by atoms with E-state index in [0.717, 1.165) is 28.4 Å². The summed E-state index contributed by atoms with van der Waals surface area (Å²) in [5, 5.41) is 3.97. The average molecular weight is 430 g/mol. The lowest BCUT2D eigenvalue weighted by Gasteiger charge is -2.16. The molecule has 4 rings (SSSR count). The number of sulfonamides is 1. The number of aryl methyl sites for hydroxylation is 2. The number of nitrogens with zero attached hydrogens (tertiary/aromatic N) is 5. The fourth-order valence-electron chi connectivity index (χ4n) is 2.97. The van der Waals surface area contributed by atoms with Crippen LogP contribution in [0, 0.1) is 13.8 Å². The lowest BCUT2D eigenvalue weighted by atomic mass is 10.1. The second-order valence-corrected chi connectivity index (χ2v) is 9.35. The SMILES string of the molecule is Cc1cccc(-c2nc(CCN(C)S(=O)(=O)c3ccc(C)c4nsnc34)no2)c1. The van der Waals surface area contributed by atoms with Crippen LogP contribution in [0.25, 0.3) is 22.5 Å². The summed E-state index contributed by atoms with van der Waals surface area (Å²) in [7, 11) is -2.19. The number of hydrogen-bond donors (Lipinski definition) is 0. The van der Waals surface area contributed by atoms with Crippen molar-refractivity contribution in [2.45, 2.75) is 25.2 Å². The molecule has 0 bridgehead atoms.